The molecule has 158 valence electrons. The fourth-order valence-corrected chi connectivity index (χ4v) is 4.59. The smallest absolute Gasteiger partial charge is 0.264 e. The number of nitrogens with zero attached hydrogens (tertiary/aromatic N) is 1. The van der Waals surface area contributed by atoms with E-state index in [9.17, 15) is 8.42 Å². The number of anilines is 1. The standard InChI is InChI=1S/C22H22ClNO5S/c1-27-17-8-11-19(12-9-17)30(25,26)24(15-16-6-4-5-7-20(16)23)21-14-18(28-2)10-13-22(21)29-3/h4-14H,15H2,1-3H3. The minimum atomic E-state index is -3.97. The number of benzene rings is 3. The number of ether oxygens (including phenoxy) is 3. The number of halogens is 1. The Balaban J connectivity index is 2.18. The molecule has 0 saturated carbocycles. The molecule has 0 aliphatic carbocycles. The van der Waals surface area contributed by atoms with Crippen molar-refractivity contribution in [1.29, 1.82) is 0 Å². The van der Waals surface area contributed by atoms with Crippen molar-refractivity contribution in [2.45, 2.75) is 11.4 Å². The van der Waals surface area contributed by atoms with Gasteiger partial charge in [-0.25, -0.2) is 8.42 Å². The molecule has 0 heterocycles. The van der Waals surface area contributed by atoms with Crippen LogP contribution in [0.3, 0.4) is 0 Å². The zero-order valence-corrected chi connectivity index (χ0v) is 18.4. The first-order chi connectivity index (χ1) is 14.4. The predicted octanol–water partition coefficient (Wildman–Crippen LogP) is 4.76. The highest BCUT2D eigenvalue weighted by Gasteiger charge is 2.29. The first kappa shape index (κ1) is 21.8. The van der Waals surface area contributed by atoms with Crippen molar-refractivity contribution in [3.63, 3.8) is 0 Å². The summed E-state index contributed by atoms with van der Waals surface area (Å²) in [7, 11) is 0.555. The highest BCUT2D eigenvalue weighted by Crippen LogP contribution is 2.37. The second-order valence-corrected chi connectivity index (χ2v) is 8.59. The molecule has 0 bridgehead atoms. The maximum atomic E-state index is 13.7. The van der Waals surface area contributed by atoms with E-state index in [0.29, 0.717) is 33.5 Å². The van der Waals surface area contributed by atoms with E-state index in [1.165, 1.54) is 37.8 Å². The maximum absolute atomic E-state index is 13.7. The quantitative estimate of drug-likeness (QED) is 0.498. The van der Waals surface area contributed by atoms with E-state index in [4.69, 9.17) is 25.8 Å². The molecule has 0 saturated heterocycles. The normalized spacial score (nSPS) is 11.1. The summed E-state index contributed by atoms with van der Waals surface area (Å²) >= 11 is 6.33. The van der Waals surface area contributed by atoms with Gasteiger partial charge in [-0.1, -0.05) is 29.8 Å². The summed E-state index contributed by atoms with van der Waals surface area (Å²) in [4.78, 5) is 0.111. The Morgan fingerprint density at radius 2 is 1.47 bits per heavy atom. The third kappa shape index (κ3) is 4.47. The Hall–Kier alpha value is -2.90. The van der Waals surface area contributed by atoms with Gasteiger partial charge in [0.2, 0.25) is 0 Å². The van der Waals surface area contributed by atoms with Crippen molar-refractivity contribution in [1.82, 2.24) is 0 Å². The lowest BCUT2D eigenvalue weighted by molar-refractivity contribution is 0.403. The molecule has 0 unspecified atom stereocenters. The Labute approximate surface area is 181 Å². The van der Waals surface area contributed by atoms with E-state index >= 15 is 0 Å². The monoisotopic (exact) mass is 447 g/mol. The number of rotatable bonds is 8. The van der Waals surface area contributed by atoms with Crippen LogP contribution in [0.2, 0.25) is 5.02 Å². The van der Waals surface area contributed by atoms with Gasteiger partial charge in [0, 0.05) is 11.1 Å². The van der Waals surface area contributed by atoms with Crippen molar-refractivity contribution < 1.29 is 22.6 Å². The van der Waals surface area contributed by atoms with Crippen LogP contribution in [-0.4, -0.2) is 29.7 Å². The number of sulfonamides is 1. The lowest BCUT2D eigenvalue weighted by atomic mass is 10.2. The van der Waals surface area contributed by atoms with E-state index in [-0.39, 0.29) is 11.4 Å². The van der Waals surface area contributed by atoms with Crippen LogP contribution in [-0.2, 0) is 16.6 Å². The van der Waals surface area contributed by atoms with Gasteiger partial charge < -0.3 is 14.2 Å². The van der Waals surface area contributed by atoms with Crippen molar-refractivity contribution in [3.05, 3.63) is 77.3 Å². The Kier molecular flexibility index (Phi) is 6.74. The van der Waals surface area contributed by atoms with E-state index in [1.807, 2.05) is 6.07 Å². The van der Waals surface area contributed by atoms with Gasteiger partial charge in [-0.15, -0.1) is 0 Å². The highest BCUT2D eigenvalue weighted by atomic mass is 35.5. The van der Waals surface area contributed by atoms with Crippen molar-refractivity contribution >= 4 is 27.3 Å². The predicted molar refractivity (Wildman–Crippen MR) is 117 cm³/mol. The van der Waals surface area contributed by atoms with Crippen LogP contribution in [0.1, 0.15) is 5.56 Å². The van der Waals surface area contributed by atoms with E-state index in [0.717, 1.165) is 0 Å². The van der Waals surface area contributed by atoms with Crippen molar-refractivity contribution in [2.75, 3.05) is 25.6 Å². The van der Waals surface area contributed by atoms with Gasteiger partial charge in [0.25, 0.3) is 10.0 Å². The maximum Gasteiger partial charge on any atom is 0.264 e. The van der Waals surface area contributed by atoms with Gasteiger partial charge in [0.05, 0.1) is 38.5 Å². The van der Waals surface area contributed by atoms with Crippen LogP contribution in [0.5, 0.6) is 17.2 Å². The molecule has 0 N–H and O–H groups in total. The summed E-state index contributed by atoms with van der Waals surface area (Å²) in [6.45, 7) is 0.0115. The van der Waals surface area contributed by atoms with Crippen LogP contribution >= 0.6 is 11.6 Å². The molecule has 0 atom stereocenters. The molecule has 0 aliphatic heterocycles. The van der Waals surface area contributed by atoms with Gasteiger partial charge in [0.1, 0.15) is 17.2 Å². The van der Waals surface area contributed by atoms with Crippen LogP contribution in [0.25, 0.3) is 0 Å². The average Bonchev–Trinajstić information content (AvgIpc) is 2.78. The van der Waals surface area contributed by atoms with Gasteiger partial charge >= 0.3 is 0 Å². The lowest BCUT2D eigenvalue weighted by Crippen LogP contribution is -2.31. The summed E-state index contributed by atoms with van der Waals surface area (Å²) in [5, 5.41) is 0.467. The summed E-state index contributed by atoms with van der Waals surface area (Å²) in [5.74, 6) is 1.45. The van der Waals surface area contributed by atoms with Crippen LogP contribution in [0.15, 0.2) is 71.6 Å². The SMILES string of the molecule is COc1ccc(S(=O)(=O)N(Cc2ccccc2Cl)c2cc(OC)ccc2OC)cc1. The lowest BCUT2D eigenvalue weighted by Gasteiger charge is -2.27. The fourth-order valence-electron chi connectivity index (χ4n) is 2.95. The van der Waals surface area contributed by atoms with Gasteiger partial charge in [-0.2, -0.15) is 0 Å². The van der Waals surface area contributed by atoms with Gasteiger partial charge in [-0.05, 0) is 48.0 Å². The third-order valence-electron chi connectivity index (χ3n) is 4.57. The fraction of sp³-hybridized carbons (Fsp3) is 0.182. The molecular weight excluding hydrogens is 426 g/mol. The Morgan fingerprint density at radius 1 is 0.833 bits per heavy atom. The summed E-state index contributed by atoms with van der Waals surface area (Å²) in [5.41, 5.74) is 0.994. The number of hydrogen-bond donors (Lipinski definition) is 0. The van der Waals surface area contributed by atoms with E-state index in [2.05, 4.69) is 0 Å². The molecule has 0 radical (unpaired) electrons. The van der Waals surface area contributed by atoms with E-state index < -0.39 is 10.0 Å². The van der Waals surface area contributed by atoms with Gasteiger partial charge in [-0.3, -0.25) is 4.31 Å². The average molecular weight is 448 g/mol. The van der Waals surface area contributed by atoms with Crippen LogP contribution in [0.4, 0.5) is 5.69 Å². The highest BCUT2D eigenvalue weighted by molar-refractivity contribution is 7.92. The molecular formula is C22H22ClNO5S. The molecule has 0 aliphatic rings. The first-order valence-electron chi connectivity index (χ1n) is 9.03. The minimum Gasteiger partial charge on any atom is -0.497 e. The Bertz CT molecular complexity index is 1120. The van der Waals surface area contributed by atoms with Crippen LogP contribution in [0, 0.1) is 0 Å². The van der Waals surface area contributed by atoms with Crippen LogP contribution < -0.4 is 18.5 Å². The zero-order valence-electron chi connectivity index (χ0n) is 16.8. The summed E-state index contributed by atoms with van der Waals surface area (Å²) < 4.78 is 44.5. The molecule has 3 aromatic rings. The first-order valence-corrected chi connectivity index (χ1v) is 10.8. The summed E-state index contributed by atoms with van der Waals surface area (Å²) in [6, 6.07) is 18.3. The number of methoxy groups -OCH3 is 3. The molecule has 0 amide bonds. The topological polar surface area (TPSA) is 65.1 Å². The Morgan fingerprint density at radius 3 is 2.07 bits per heavy atom. The van der Waals surface area contributed by atoms with Crippen molar-refractivity contribution in [3.8, 4) is 17.2 Å². The molecule has 6 nitrogen and oxygen atoms in total. The van der Waals surface area contributed by atoms with Crippen molar-refractivity contribution in [2.24, 2.45) is 0 Å². The molecule has 3 aromatic carbocycles. The second-order valence-electron chi connectivity index (χ2n) is 6.32. The van der Waals surface area contributed by atoms with Gasteiger partial charge in [0.15, 0.2) is 0 Å². The zero-order chi connectivity index (χ0) is 21.7. The van der Waals surface area contributed by atoms with E-state index in [1.54, 1.807) is 48.5 Å². The summed E-state index contributed by atoms with van der Waals surface area (Å²) in [6.07, 6.45) is 0. The molecule has 3 rings (SSSR count). The minimum absolute atomic E-state index is 0.0115. The second kappa shape index (κ2) is 9.28. The largest absolute Gasteiger partial charge is 0.497 e. The third-order valence-corrected chi connectivity index (χ3v) is 6.72. The number of hydrogen-bond acceptors (Lipinski definition) is 5. The molecule has 8 heteroatoms. The molecule has 30 heavy (non-hydrogen) atoms. The molecule has 0 aromatic heterocycles. The molecule has 0 fully saturated rings. The molecule has 0 spiro atoms.